The van der Waals surface area contributed by atoms with Crippen molar-refractivity contribution in [3.8, 4) is 0 Å². The second kappa shape index (κ2) is 13.3. The third-order valence-corrected chi connectivity index (χ3v) is 2.40. The Morgan fingerprint density at radius 3 is 2.27 bits per heavy atom. The Hall–Kier alpha value is -0.720. The maximum absolute atomic E-state index is 4.54. The van der Waals surface area contributed by atoms with E-state index in [1.807, 2.05) is 12.2 Å². The van der Waals surface area contributed by atoms with E-state index in [0.29, 0.717) is 0 Å². The van der Waals surface area contributed by atoms with Crippen molar-refractivity contribution in [1.29, 1.82) is 0 Å². The molecule has 1 nitrogen and oxygen atoms in total. The first-order valence-electron chi connectivity index (χ1n) is 6.14. The number of ether oxygens (including phenoxy) is 1. The summed E-state index contributed by atoms with van der Waals surface area (Å²) in [6.07, 6.45) is 18.5. The minimum absolute atomic E-state index is 1.18. The van der Waals surface area contributed by atoms with E-state index in [9.17, 15) is 0 Å². The van der Waals surface area contributed by atoms with E-state index >= 15 is 0 Å². The molecule has 0 aromatic rings. The normalized spacial score (nSPS) is 11.6. The summed E-state index contributed by atoms with van der Waals surface area (Å²) in [5.74, 6) is 0. The fraction of sp³-hybridized carbons (Fsp3) is 0.643. The molecule has 0 bridgehead atoms. The van der Waals surface area contributed by atoms with Crippen molar-refractivity contribution in [1.82, 2.24) is 0 Å². The fourth-order valence-electron chi connectivity index (χ4n) is 1.50. The molecule has 0 aliphatic carbocycles. The van der Waals surface area contributed by atoms with Crippen molar-refractivity contribution >= 4 is 0 Å². The van der Waals surface area contributed by atoms with Crippen LogP contribution in [0, 0.1) is 7.11 Å². The molecule has 0 rings (SSSR count). The summed E-state index contributed by atoms with van der Waals surface area (Å²) in [4.78, 5) is 0. The van der Waals surface area contributed by atoms with Crippen LogP contribution in [-0.2, 0) is 4.74 Å². The van der Waals surface area contributed by atoms with Crippen molar-refractivity contribution < 1.29 is 4.74 Å². The van der Waals surface area contributed by atoms with E-state index in [2.05, 4.69) is 24.8 Å². The standard InChI is InChI=1S/C14H25O/c1-3-4-5-6-7-8-9-10-11-12-13-14-15-2/h11-14H,2-10H2,1H3/b12-11+,14-13+. The predicted molar refractivity (Wildman–Crippen MR) is 67.3 cm³/mol. The molecule has 0 fully saturated rings. The van der Waals surface area contributed by atoms with Gasteiger partial charge in [-0.3, -0.25) is 0 Å². The van der Waals surface area contributed by atoms with Gasteiger partial charge in [-0.05, 0) is 18.9 Å². The molecule has 15 heavy (non-hydrogen) atoms. The SMILES string of the molecule is [CH2]O/C=C/C=C/CCCCCCCCC. The van der Waals surface area contributed by atoms with Crippen molar-refractivity contribution in [3.63, 3.8) is 0 Å². The molecule has 1 heteroatoms. The molecule has 0 saturated heterocycles. The van der Waals surface area contributed by atoms with Gasteiger partial charge in [-0.2, -0.15) is 0 Å². The maximum Gasteiger partial charge on any atom is 0.121 e. The molecule has 0 spiro atoms. The Labute approximate surface area is 95.2 Å². The summed E-state index contributed by atoms with van der Waals surface area (Å²) in [5, 5.41) is 0. The van der Waals surface area contributed by atoms with Crippen LogP contribution in [0.5, 0.6) is 0 Å². The Morgan fingerprint density at radius 2 is 1.60 bits per heavy atom. The minimum atomic E-state index is 1.18. The first kappa shape index (κ1) is 14.3. The van der Waals surface area contributed by atoms with E-state index in [0.717, 1.165) is 0 Å². The van der Waals surface area contributed by atoms with Gasteiger partial charge in [0.2, 0.25) is 0 Å². The van der Waals surface area contributed by atoms with Crippen LogP contribution >= 0.6 is 0 Å². The smallest absolute Gasteiger partial charge is 0.121 e. The van der Waals surface area contributed by atoms with Crippen molar-refractivity contribution in [3.05, 3.63) is 31.6 Å². The summed E-state index contributed by atoms with van der Waals surface area (Å²) in [5.41, 5.74) is 0. The Bertz CT molecular complexity index is 159. The highest BCUT2D eigenvalue weighted by atomic mass is 16.5. The number of rotatable bonds is 10. The molecule has 0 amide bonds. The van der Waals surface area contributed by atoms with Gasteiger partial charge in [-0.15, -0.1) is 0 Å². The lowest BCUT2D eigenvalue weighted by molar-refractivity contribution is 0.394. The summed E-state index contributed by atoms with van der Waals surface area (Å²) < 4.78 is 4.54. The second-order valence-electron chi connectivity index (χ2n) is 3.83. The lowest BCUT2D eigenvalue weighted by Gasteiger charge is -1.98. The lowest BCUT2D eigenvalue weighted by atomic mass is 10.1. The van der Waals surface area contributed by atoms with Gasteiger partial charge in [-0.1, -0.05) is 57.6 Å². The first-order chi connectivity index (χ1) is 7.41. The van der Waals surface area contributed by atoms with Gasteiger partial charge < -0.3 is 4.74 Å². The van der Waals surface area contributed by atoms with Crippen LogP contribution in [0.2, 0.25) is 0 Å². The fourth-order valence-corrected chi connectivity index (χ4v) is 1.50. The largest absolute Gasteiger partial charge is 0.498 e. The second-order valence-corrected chi connectivity index (χ2v) is 3.83. The number of unbranched alkanes of at least 4 members (excludes halogenated alkanes) is 7. The van der Waals surface area contributed by atoms with Crippen LogP contribution in [0.4, 0.5) is 0 Å². The Balaban J connectivity index is 3.04. The molecule has 0 aromatic heterocycles. The zero-order valence-electron chi connectivity index (χ0n) is 10.1. The molecule has 0 unspecified atom stereocenters. The maximum atomic E-state index is 4.54. The summed E-state index contributed by atoms with van der Waals surface area (Å²) in [7, 11) is 3.25. The van der Waals surface area contributed by atoms with E-state index in [4.69, 9.17) is 0 Å². The lowest BCUT2D eigenvalue weighted by Crippen LogP contribution is -1.78. The summed E-state index contributed by atoms with van der Waals surface area (Å²) in [6, 6.07) is 0. The number of allylic oxidation sites excluding steroid dienone is 3. The zero-order chi connectivity index (χ0) is 11.2. The summed E-state index contributed by atoms with van der Waals surface area (Å²) in [6.45, 7) is 2.26. The number of hydrogen-bond donors (Lipinski definition) is 0. The molecule has 0 atom stereocenters. The molecule has 0 aromatic carbocycles. The van der Waals surface area contributed by atoms with Crippen molar-refractivity contribution in [2.45, 2.75) is 58.3 Å². The molecule has 0 aliphatic heterocycles. The highest BCUT2D eigenvalue weighted by Gasteiger charge is 1.88. The molecule has 87 valence electrons. The molecular formula is C14H25O. The first-order valence-corrected chi connectivity index (χ1v) is 6.14. The van der Waals surface area contributed by atoms with Gasteiger partial charge >= 0.3 is 0 Å². The minimum Gasteiger partial charge on any atom is -0.498 e. The average molecular weight is 209 g/mol. The molecule has 1 radical (unpaired) electrons. The quantitative estimate of drug-likeness (QED) is 0.279. The average Bonchev–Trinajstić information content (AvgIpc) is 2.26. The van der Waals surface area contributed by atoms with E-state index in [1.165, 1.54) is 51.4 Å². The van der Waals surface area contributed by atoms with E-state index < -0.39 is 0 Å². The molecule has 0 heterocycles. The zero-order valence-corrected chi connectivity index (χ0v) is 10.1. The topological polar surface area (TPSA) is 9.23 Å². The number of hydrogen-bond acceptors (Lipinski definition) is 1. The monoisotopic (exact) mass is 209 g/mol. The predicted octanol–water partition coefficient (Wildman–Crippen LogP) is 5.01. The van der Waals surface area contributed by atoms with Gasteiger partial charge in [0, 0.05) is 0 Å². The summed E-state index contributed by atoms with van der Waals surface area (Å²) >= 11 is 0. The van der Waals surface area contributed by atoms with Crippen LogP contribution in [0.15, 0.2) is 24.5 Å². The van der Waals surface area contributed by atoms with Crippen LogP contribution < -0.4 is 0 Å². The third kappa shape index (κ3) is 13.3. The van der Waals surface area contributed by atoms with Crippen LogP contribution in [0.1, 0.15) is 58.3 Å². The Kier molecular flexibility index (Phi) is 12.6. The van der Waals surface area contributed by atoms with Gasteiger partial charge in [0.25, 0.3) is 0 Å². The van der Waals surface area contributed by atoms with Crippen molar-refractivity contribution in [2.75, 3.05) is 0 Å². The van der Waals surface area contributed by atoms with Gasteiger partial charge in [0.15, 0.2) is 0 Å². The molecular weight excluding hydrogens is 184 g/mol. The van der Waals surface area contributed by atoms with Gasteiger partial charge in [0.1, 0.15) is 7.11 Å². The van der Waals surface area contributed by atoms with Crippen LogP contribution in [-0.4, -0.2) is 0 Å². The van der Waals surface area contributed by atoms with E-state index in [-0.39, 0.29) is 0 Å². The van der Waals surface area contributed by atoms with Crippen LogP contribution in [0.25, 0.3) is 0 Å². The highest BCUT2D eigenvalue weighted by Crippen LogP contribution is 2.08. The van der Waals surface area contributed by atoms with Crippen molar-refractivity contribution in [2.24, 2.45) is 0 Å². The highest BCUT2D eigenvalue weighted by molar-refractivity contribution is 4.99. The molecule has 0 aliphatic rings. The van der Waals surface area contributed by atoms with Gasteiger partial charge in [-0.25, -0.2) is 0 Å². The Morgan fingerprint density at radius 1 is 0.933 bits per heavy atom. The third-order valence-electron chi connectivity index (χ3n) is 2.40. The van der Waals surface area contributed by atoms with Crippen LogP contribution in [0.3, 0.4) is 0 Å². The molecule has 0 saturated carbocycles. The molecule has 0 N–H and O–H groups in total. The van der Waals surface area contributed by atoms with Gasteiger partial charge in [0.05, 0.1) is 6.26 Å². The van der Waals surface area contributed by atoms with E-state index in [1.54, 1.807) is 6.26 Å².